The summed E-state index contributed by atoms with van der Waals surface area (Å²) in [5.74, 6) is 1.05. The van der Waals surface area contributed by atoms with Gasteiger partial charge in [0, 0.05) is 29.2 Å². The summed E-state index contributed by atoms with van der Waals surface area (Å²) >= 11 is 10.8. The predicted octanol–water partition coefficient (Wildman–Crippen LogP) is 5.35. The van der Waals surface area contributed by atoms with Gasteiger partial charge in [-0.05, 0) is 46.8 Å². The molecule has 0 fully saturated rings. The Hall–Kier alpha value is -0.0400. The van der Waals surface area contributed by atoms with E-state index in [-0.39, 0.29) is 0 Å². The van der Waals surface area contributed by atoms with Crippen molar-refractivity contribution in [3.8, 4) is 11.5 Å². The molecule has 1 aromatic rings. The second-order valence-electron chi connectivity index (χ2n) is 4.63. The molecule has 0 aliphatic heterocycles. The summed E-state index contributed by atoms with van der Waals surface area (Å²) in [4.78, 5) is 0. The zero-order chi connectivity index (χ0) is 18.9. The Morgan fingerprint density at radius 3 is 1.32 bits per heavy atom. The van der Waals surface area contributed by atoms with Crippen molar-refractivity contribution in [2.24, 2.45) is 0 Å². The summed E-state index contributed by atoms with van der Waals surface area (Å²) in [6, 6.07) is 5.35. The van der Waals surface area contributed by atoms with E-state index in [0.717, 1.165) is 5.56 Å². The topological polar surface area (TPSA) is 55.4 Å². The smallest absolute Gasteiger partial charge is 0.380 e. The average molecular weight is 428 g/mol. The fraction of sp³-hybridized carbons (Fsp3) is 0.600. The Balaban J connectivity index is 3.09. The van der Waals surface area contributed by atoms with Crippen LogP contribution in [0.2, 0.25) is 0 Å². The number of rotatable bonds is 12. The third-order valence-electron chi connectivity index (χ3n) is 2.80. The summed E-state index contributed by atoms with van der Waals surface area (Å²) in [7, 11) is 0. The third kappa shape index (κ3) is 7.24. The van der Waals surface area contributed by atoms with Crippen LogP contribution in [0.1, 0.15) is 33.3 Å². The van der Waals surface area contributed by atoms with Crippen LogP contribution in [-0.4, -0.2) is 26.4 Å². The van der Waals surface area contributed by atoms with Gasteiger partial charge in [-0.1, -0.05) is 6.07 Å². The van der Waals surface area contributed by atoms with E-state index in [1.807, 2.05) is 34.6 Å². The standard InChI is InChI=1S/C15H26O6P2S2/c1-6-16-22(24,17-7-2)20-14-11-10-12-15(13(14)5)21-23(25,18-8-3)19-9-4/h10-12H,6-9H2,1-5H3. The molecule has 0 aliphatic carbocycles. The summed E-state index contributed by atoms with van der Waals surface area (Å²) < 4.78 is 33.9. The maximum Gasteiger partial charge on any atom is 0.380 e. The molecule has 0 amide bonds. The van der Waals surface area contributed by atoms with Crippen LogP contribution in [0, 0.1) is 6.92 Å². The number of benzene rings is 1. The van der Waals surface area contributed by atoms with E-state index in [2.05, 4.69) is 0 Å². The third-order valence-corrected chi connectivity index (χ3v) is 7.65. The van der Waals surface area contributed by atoms with Crippen LogP contribution in [0.5, 0.6) is 11.5 Å². The van der Waals surface area contributed by atoms with Crippen molar-refractivity contribution in [2.75, 3.05) is 26.4 Å². The molecule has 0 unspecified atom stereocenters. The maximum atomic E-state index is 5.89. The molecule has 1 rings (SSSR count). The van der Waals surface area contributed by atoms with Crippen LogP contribution in [0.3, 0.4) is 0 Å². The lowest BCUT2D eigenvalue weighted by Gasteiger charge is -2.25. The van der Waals surface area contributed by atoms with Crippen LogP contribution in [0.4, 0.5) is 0 Å². The van der Waals surface area contributed by atoms with Gasteiger partial charge in [0.05, 0.1) is 26.4 Å². The van der Waals surface area contributed by atoms with Crippen LogP contribution >= 0.6 is 13.4 Å². The minimum absolute atomic E-state index is 0.405. The summed E-state index contributed by atoms with van der Waals surface area (Å²) in [5, 5.41) is 0. The minimum atomic E-state index is -2.87. The van der Waals surface area contributed by atoms with E-state index in [1.54, 1.807) is 18.2 Å². The van der Waals surface area contributed by atoms with E-state index in [4.69, 9.17) is 50.8 Å². The van der Waals surface area contributed by atoms with Crippen LogP contribution < -0.4 is 9.05 Å². The Morgan fingerprint density at radius 1 is 0.720 bits per heavy atom. The van der Waals surface area contributed by atoms with Crippen molar-refractivity contribution in [1.82, 2.24) is 0 Å². The van der Waals surface area contributed by atoms with Gasteiger partial charge in [-0.25, -0.2) is 0 Å². The highest BCUT2D eigenvalue weighted by Gasteiger charge is 2.26. The lowest BCUT2D eigenvalue weighted by atomic mass is 10.2. The normalized spacial score (nSPS) is 12.2. The lowest BCUT2D eigenvalue weighted by molar-refractivity contribution is 0.215. The Labute approximate surface area is 160 Å². The first-order valence-corrected chi connectivity index (χ1v) is 13.2. The van der Waals surface area contributed by atoms with Crippen LogP contribution in [0.15, 0.2) is 18.2 Å². The molecule has 1 aromatic carbocycles. The quantitative estimate of drug-likeness (QED) is 0.413. The molecule has 0 aromatic heterocycles. The van der Waals surface area contributed by atoms with E-state index >= 15 is 0 Å². The number of hydrogen-bond acceptors (Lipinski definition) is 8. The highest BCUT2D eigenvalue weighted by Crippen LogP contribution is 2.54. The largest absolute Gasteiger partial charge is 0.424 e. The molecule has 0 saturated carbocycles. The first-order chi connectivity index (χ1) is 11.8. The molecule has 0 aliphatic rings. The molecule has 144 valence electrons. The average Bonchev–Trinajstić information content (AvgIpc) is 2.52. The molecule has 0 heterocycles. The Kier molecular flexibility index (Phi) is 10.1. The van der Waals surface area contributed by atoms with Gasteiger partial charge in [-0.3, -0.25) is 18.1 Å². The molecule has 0 spiro atoms. The molecule has 0 N–H and O–H groups in total. The summed E-state index contributed by atoms with van der Waals surface area (Å²) in [6.07, 6.45) is 0. The Bertz CT molecular complexity index is 570. The van der Waals surface area contributed by atoms with Gasteiger partial charge in [-0.15, -0.1) is 0 Å². The fourth-order valence-corrected chi connectivity index (χ4v) is 6.09. The SMILES string of the molecule is CCOP(=S)(OCC)Oc1cccc(OP(=S)(OCC)OCC)c1C. The molecule has 0 bridgehead atoms. The highest BCUT2D eigenvalue weighted by atomic mass is 32.5. The van der Waals surface area contributed by atoms with Crippen LogP contribution in [-0.2, 0) is 41.7 Å². The van der Waals surface area contributed by atoms with Gasteiger partial charge in [0.2, 0.25) is 0 Å². The fourth-order valence-electron chi connectivity index (χ4n) is 1.85. The van der Waals surface area contributed by atoms with E-state index in [9.17, 15) is 0 Å². The van der Waals surface area contributed by atoms with Crippen molar-refractivity contribution in [3.63, 3.8) is 0 Å². The van der Waals surface area contributed by atoms with Gasteiger partial charge in [0.15, 0.2) is 0 Å². The van der Waals surface area contributed by atoms with Crippen molar-refractivity contribution in [2.45, 2.75) is 34.6 Å². The monoisotopic (exact) mass is 428 g/mol. The summed E-state index contributed by atoms with van der Waals surface area (Å²) in [6.45, 7) is 5.11. The first-order valence-electron chi connectivity index (χ1n) is 8.10. The summed E-state index contributed by atoms with van der Waals surface area (Å²) in [5.41, 5.74) is 0.727. The second kappa shape index (κ2) is 11.0. The predicted molar refractivity (Wildman–Crippen MR) is 108 cm³/mol. The van der Waals surface area contributed by atoms with Crippen LogP contribution in [0.25, 0.3) is 0 Å². The van der Waals surface area contributed by atoms with Crippen molar-refractivity contribution in [3.05, 3.63) is 23.8 Å². The van der Waals surface area contributed by atoms with Gasteiger partial charge in [0.1, 0.15) is 11.5 Å². The number of hydrogen-bond donors (Lipinski definition) is 0. The van der Waals surface area contributed by atoms with Gasteiger partial charge in [-0.2, -0.15) is 0 Å². The maximum absolute atomic E-state index is 5.89. The van der Waals surface area contributed by atoms with Gasteiger partial charge in [0.25, 0.3) is 0 Å². The minimum Gasteiger partial charge on any atom is -0.424 e. The van der Waals surface area contributed by atoms with Crippen molar-refractivity contribution in [1.29, 1.82) is 0 Å². The van der Waals surface area contributed by atoms with E-state index < -0.39 is 13.4 Å². The van der Waals surface area contributed by atoms with Gasteiger partial charge < -0.3 is 9.05 Å². The molecule has 0 radical (unpaired) electrons. The zero-order valence-corrected chi connectivity index (χ0v) is 18.6. The molecule has 0 saturated heterocycles. The zero-order valence-electron chi connectivity index (χ0n) is 15.2. The molecular weight excluding hydrogens is 402 g/mol. The molecule has 0 atom stereocenters. The molecule has 25 heavy (non-hydrogen) atoms. The molecule has 6 nitrogen and oxygen atoms in total. The van der Waals surface area contributed by atoms with Crippen molar-refractivity contribution >= 4 is 37.1 Å². The van der Waals surface area contributed by atoms with Crippen molar-refractivity contribution < 1.29 is 27.1 Å². The second-order valence-corrected chi connectivity index (χ2v) is 10.5. The molecule has 10 heteroatoms. The van der Waals surface area contributed by atoms with E-state index in [1.165, 1.54) is 0 Å². The highest BCUT2D eigenvalue weighted by molar-refractivity contribution is 8.08. The molecular formula is C15H26O6P2S2. The van der Waals surface area contributed by atoms with E-state index in [0.29, 0.717) is 37.9 Å². The Morgan fingerprint density at radius 2 is 1.04 bits per heavy atom. The lowest BCUT2D eigenvalue weighted by Crippen LogP contribution is -2.05. The first kappa shape index (κ1) is 23.0. The van der Waals surface area contributed by atoms with Gasteiger partial charge >= 0.3 is 13.4 Å².